The van der Waals surface area contributed by atoms with E-state index in [1.54, 1.807) is 6.20 Å². The van der Waals surface area contributed by atoms with E-state index in [1.165, 1.54) is 5.56 Å². The van der Waals surface area contributed by atoms with Gasteiger partial charge in [-0.2, -0.15) is 5.10 Å². The molecule has 0 unspecified atom stereocenters. The van der Waals surface area contributed by atoms with Crippen LogP contribution < -0.4 is 5.32 Å². The van der Waals surface area contributed by atoms with Gasteiger partial charge in [-0.15, -0.1) is 0 Å². The first kappa shape index (κ1) is 19.1. The van der Waals surface area contributed by atoms with Crippen LogP contribution in [0.5, 0.6) is 0 Å². The maximum Gasteiger partial charge on any atom is 0.237 e. The molecule has 2 aromatic rings. The number of nitrogens with zero attached hydrogens (tertiary/aromatic N) is 2. The molecule has 1 aromatic carbocycles. The van der Waals surface area contributed by atoms with Gasteiger partial charge in [0.15, 0.2) is 0 Å². The van der Waals surface area contributed by atoms with Gasteiger partial charge in [-0.1, -0.05) is 29.8 Å². The lowest BCUT2D eigenvalue weighted by molar-refractivity contribution is -0.127. The van der Waals surface area contributed by atoms with Gasteiger partial charge in [0, 0.05) is 37.9 Å². The maximum absolute atomic E-state index is 12.9. The molecule has 7 nitrogen and oxygen atoms in total. The quantitative estimate of drug-likeness (QED) is 0.729. The normalized spacial score (nSPS) is 23.8. The zero-order chi connectivity index (χ0) is 19.5. The molecule has 2 saturated heterocycles. The second kappa shape index (κ2) is 8.43. The molecule has 0 spiro atoms. The molecule has 2 atom stereocenters. The number of aromatic nitrogens is 2. The number of carbonyl (C=O) groups is 1. The Bertz CT molecular complexity index is 798. The predicted molar refractivity (Wildman–Crippen MR) is 106 cm³/mol. The van der Waals surface area contributed by atoms with E-state index < -0.39 is 6.10 Å². The molecule has 28 heavy (non-hydrogen) atoms. The number of β-amino-alcohol motifs (C(OH)–C–C–N with tert-alkyl or cyclic N) is 1. The number of aromatic amines is 1. The summed E-state index contributed by atoms with van der Waals surface area (Å²) in [5, 5.41) is 20.4. The number of hydrogen-bond donors (Lipinski definition) is 3. The fourth-order valence-corrected chi connectivity index (χ4v) is 4.23. The lowest BCUT2D eigenvalue weighted by atomic mass is 10.0. The fourth-order valence-electron chi connectivity index (χ4n) is 4.23. The highest BCUT2D eigenvalue weighted by molar-refractivity contribution is 5.82. The minimum Gasteiger partial charge on any atom is -0.392 e. The third kappa shape index (κ3) is 4.11. The summed E-state index contributed by atoms with van der Waals surface area (Å²) in [6.45, 7) is 4.47. The van der Waals surface area contributed by atoms with Crippen LogP contribution in [0.2, 0.25) is 0 Å². The second-order valence-corrected chi connectivity index (χ2v) is 7.80. The predicted octanol–water partition coefficient (Wildman–Crippen LogP) is 1.62. The number of likely N-dealkylation sites (tertiary alicyclic amines) is 1. The van der Waals surface area contributed by atoms with Crippen LogP contribution in [-0.2, 0) is 16.1 Å². The molecule has 3 heterocycles. The van der Waals surface area contributed by atoms with E-state index in [1.807, 2.05) is 12.1 Å². The van der Waals surface area contributed by atoms with E-state index in [2.05, 4.69) is 39.5 Å². The standard InChI is InChI=1S/C21H28N4O3/c1-14-2-4-15(5-3-14)20-16(12-23-24-20)11-22-21(27)19-10-18(26)13-25(19)17-6-8-28-9-7-17/h2-5,12,17-19,26H,6-11,13H2,1H3,(H,22,27)(H,23,24)/t18-,19+/m1/s1. The van der Waals surface area contributed by atoms with E-state index in [4.69, 9.17) is 4.74 Å². The van der Waals surface area contributed by atoms with Crippen molar-refractivity contribution in [1.82, 2.24) is 20.4 Å². The van der Waals surface area contributed by atoms with Crippen molar-refractivity contribution in [2.24, 2.45) is 0 Å². The van der Waals surface area contributed by atoms with Crippen LogP contribution in [0.4, 0.5) is 0 Å². The Morgan fingerprint density at radius 2 is 2.07 bits per heavy atom. The molecule has 3 N–H and O–H groups in total. The average molecular weight is 384 g/mol. The molecule has 0 aliphatic carbocycles. The van der Waals surface area contributed by atoms with Gasteiger partial charge in [0.2, 0.25) is 5.91 Å². The highest BCUT2D eigenvalue weighted by Crippen LogP contribution is 2.26. The Morgan fingerprint density at radius 1 is 1.32 bits per heavy atom. The minimum absolute atomic E-state index is 0.0286. The molecule has 2 fully saturated rings. The van der Waals surface area contributed by atoms with E-state index >= 15 is 0 Å². The molecule has 7 heteroatoms. The van der Waals surface area contributed by atoms with Crippen molar-refractivity contribution in [3.63, 3.8) is 0 Å². The number of aliphatic hydroxyl groups excluding tert-OH is 1. The molecule has 2 aliphatic heterocycles. The van der Waals surface area contributed by atoms with Crippen LogP contribution in [0.25, 0.3) is 11.3 Å². The van der Waals surface area contributed by atoms with Gasteiger partial charge >= 0.3 is 0 Å². The third-order valence-electron chi connectivity index (χ3n) is 5.79. The first-order valence-corrected chi connectivity index (χ1v) is 10.0. The van der Waals surface area contributed by atoms with Crippen molar-refractivity contribution < 1.29 is 14.6 Å². The minimum atomic E-state index is -0.448. The van der Waals surface area contributed by atoms with Crippen LogP contribution in [0.3, 0.4) is 0 Å². The number of aliphatic hydroxyl groups is 1. The van der Waals surface area contributed by atoms with Crippen LogP contribution in [-0.4, -0.2) is 64.1 Å². The summed E-state index contributed by atoms with van der Waals surface area (Å²) < 4.78 is 5.44. The Labute approximate surface area is 165 Å². The van der Waals surface area contributed by atoms with E-state index in [0.717, 1.165) is 42.9 Å². The van der Waals surface area contributed by atoms with Crippen LogP contribution in [0, 0.1) is 6.92 Å². The summed E-state index contributed by atoms with van der Waals surface area (Å²) in [5.41, 5.74) is 4.12. The Balaban J connectivity index is 1.41. The van der Waals surface area contributed by atoms with Gasteiger partial charge in [0.05, 0.1) is 24.0 Å². The van der Waals surface area contributed by atoms with Gasteiger partial charge in [0.25, 0.3) is 0 Å². The summed E-state index contributed by atoms with van der Waals surface area (Å²) in [5.74, 6) is -0.0286. The molecule has 150 valence electrons. The summed E-state index contributed by atoms with van der Waals surface area (Å²) >= 11 is 0. The number of carbonyl (C=O) groups excluding carboxylic acids is 1. The molecule has 1 amide bonds. The van der Waals surface area contributed by atoms with E-state index in [0.29, 0.717) is 25.6 Å². The monoisotopic (exact) mass is 384 g/mol. The molecule has 0 bridgehead atoms. The van der Waals surface area contributed by atoms with Crippen LogP contribution >= 0.6 is 0 Å². The topological polar surface area (TPSA) is 90.5 Å². The summed E-state index contributed by atoms with van der Waals surface area (Å²) in [6.07, 6.45) is 3.62. The van der Waals surface area contributed by atoms with Crippen LogP contribution in [0.15, 0.2) is 30.5 Å². The summed E-state index contributed by atoms with van der Waals surface area (Å²) in [6, 6.07) is 8.24. The smallest absolute Gasteiger partial charge is 0.237 e. The first-order valence-electron chi connectivity index (χ1n) is 10.0. The van der Waals surface area contributed by atoms with Crippen LogP contribution in [0.1, 0.15) is 30.4 Å². The Morgan fingerprint density at radius 3 is 2.82 bits per heavy atom. The number of hydrogen-bond acceptors (Lipinski definition) is 5. The number of nitrogens with one attached hydrogen (secondary N) is 2. The van der Waals surface area contributed by atoms with Crippen molar-refractivity contribution in [3.05, 3.63) is 41.6 Å². The van der Waals surface area contributed by atoms with Gasteiger partial charge in [-0.3, -0.25) is 14.8 Å². The van der Waals surface area contributed by atoms with E-state index in [-0.39, 0.29) is 11.9 Å². The number of benzene rings is 1. The van der Waals surface area contributed by atoms with Gasteiger partial charge in [-0.25, -0.2) is 0 Å². The first-order chi connectivity index (χ1) is 13.6. The zero-order valence-corrected chi connectivity index (χ0v) is 16.2. The number of rotatable bonds is 5. The molecule has 4 rings (SSSR count). The number of H-pyrrole nitrogens is 1. The molecule has 0 saturated carbocycles. The molecular weight excluding hydrogens is 356 g/mol. The molecule has 2 aliphatic rings. The zero-order valence-electron chi connectivity index (χ0n) is 16.2. The fraction of sp³-hybridized carbons (Fsp3) is 0.524. The number of aryl methyl sites for hydroxylation is 1. The van der Waals surface area contributed by atoms with E-state index in [9.17, 15) is 9.90 Å². The Hall–Kier alpha value is -2.22. The second-order valence-electron chi connectivity index (χ2n) is 7.80. The molecular formula is C21H28N4O3. The largest absolute Gasteiger partial charge is 0.392 e. The average Bonchev–Trinajstić information content (AvgIpc) is 3.34. The summed E-state index contributed by atoms with van der Waals surface area (Å²) in [4.78, 5) is 15.1. The highest BCUT2D eigenvalue weighted by atomic mass is 16.5. The van der Waals surface area contributed by atoms with Gasteiger partial charge in [-0.05, 0) is 31.7 Å². The van der Waals surface area contributed by atoms with Crippen molar-refractivity contribution in [2.75, 3.05) is 19.8 Å². The van der Waals surface area contributed by atoms with Gasteiger partial charge < -0.3 is 15.2 Å². The highest BCUT2D eigenvalue weighted by Gasteiger charge is 2.40. The Kier molecular flexibility index (Phi) is 5.75. The number of amides is 1. The summed E-state index contributed by atoms with van der Waals surface area (Å²) in [7, 11) is 0. The number of ether oxygens (including phenoxy) is 1. The van der Waals surface area contributed by atoms with Crippen molar-refractivity contribution in [2.45, 2.75) is 50.9 Å². The van der Waals surface area contributed by atoms with Crippen molar-refractivity contribution in [1.29, 1.82) is 0 Å². The third-order valence-corrected chi connectivity index (χ3v) is 5.79. The molecule has 0 radical (unpaired) electrons. The van der Waals surface area contributed by atoms with Crippen molar-refractivity contribution in [3.8, 4) is 11.3 Å². The SMILES string of the molecule is Cc1ccc(-c2[nH]ncc2CNC(=O)[C@@H]2C[C@@H](O)CN2C2CCOCC2)cc1. The van der Waals surface area contributed by atoms with Crippen molar-refractivity contribution >= 4 is 5.91 Å². The lowest BCUT2D eigenvalue weighted by Crippen LogP contribution is -2.49. The maximum atomic E-state index is 12.9. The van der Waals surface area contributed by atoms with Gasteiger partial charge in [0.1, 0.15) is 0 Å². The lowest BCUT2D eigenvalue weighted by Gasteiger charge is -2.34. The molecule has 1 aromatic heterocycles.